The van der Waals surface area contributed by atoms with Crippen LogP contribution in [0.2, 0.25) is 0 Å². The van der Waals surface area contributed by atoms with E-state index in [1.807, 2.05) is 19.1 Å². The SMILES string of the molecule is Cc1ccc(Sc2ccc(C)cc2C2CCNCC2)c(F)c1. The number of rotatable bonds is 3. The number of hydrogen-bond donors (Lipinski definition) is 1. The second-order valence-corrected chi connectivity index (χ2v) is 7.19. The Morgan fingerprint density at radius 2 is 1.59 bits per heavy atom. The smallest absolute Gasteiger partial charge is 0.137 e. The molecule has 3 heteroatoms. The highest BCUT2D eigenvalue weighted by Gasteiger charge is 2.19. The van der Waals surface area contributed by atoms with Crippen LogP contribution >= 0.6 is 11.8 Å². The van der Waals surface area contributed by atoms with E-state index in [9.17, 15) is 4.39 Å². The Bertz CT molecular complexity index is 662. The van der Waals surface area contributed by atoms with E-state index in [1.54, 1.807) is 17.8 Å². The van der Waals surface area contributed by atoms with Crippen LogP contribution in [0.25, 0.3) is 0 Å². The van der Waals surface area contributed by atoms with Crippen LogP contribution in [0.15, 0.2) is 46.2 Å². The van der Waals surface area contributed by atoms with Gasteiger partial charge < -0.3 is 5.32 Å². The van der Waals surface area contributed by atoms with Crippen LogP contribution in [0, 0.1) is 19.7 Å². The lowest BCUT2D eigenvalue weighted by atomic mass is 9.89. The van der Waals surface area contributed by atoms with Crippen molar-refractivity contribution in [1.29, 1.82) is 0 Å². The second kappa shape index (κ2) is 6.84. The van der Waals surface area contributed by atoms with Crippen LogP contribution in [0.5, 0.6) is 0 Å². The Hall–Kier alpha value is -1.32. The third-order valence-corrected chi connectivity index (χ3v) is 5.39. The minimum Gasteiger partial charge on any atom is -0.317 e. The topological polar surface area (TPSA) is 12.0 Å². The zero-order valence-corrected chi connectivity index (χ0v) is 14.0. The van der Waals surface area contributed by atoms with Crippen molar-refractivity contribution in [3.05, 3.63) is 58.9 Å². The molecule has 0 unspecified atom stereocenters. The van der Waals surface area contributed by atoms with Gasteiger partial charge in [0.15, 0.2) is 0 Å². The van der Waals surface area contributed by atoms with Gasteiger partial charge in [-0.1, -0.05) is 35.5 Å². The first-order chi connectivity index (χ1) is 10.6. The molecule has 1 nitrogen and oxygen atoms in total. The van der Waals surface area contributed by atoms with Crippen LogP contribution < -0.4 is 5.32 Å². The summed E-state index contributed by atoms with van der Waals surface area (Å²) in [5, 5.41) is 3.42. The highest BCUT2D eigenvalue weighted by Crippen LogP contribution is 2.38. The van der Waals surface area contributed by atoms with Gasteiger partial charge >= 0.3 is 0 Å². The van der Waals surface area contributed by atoms with Crippen molar-refractivity contribution in [2.24, 2.45) is 0 Å². The van der Waals surface area contributed by atoms with Crippen molar-refractivity contribution in [1.82, 2.24) is 5.32 Å². The molecule has 0 radical (unpaired) electrons. The monoisotopic (exact) mass is 315 g/mol. The van der Waals surface area contributed by atoms with Gasteiger partial charge in [0, 0.05) is 9.79 Å². The van der Waals surface area contributed by atoms with E-state index in [2.05, 4.69) is 30.4 Å². The average molecular weight is 315 g/mol. The maximum atomic E-state index is 14.2. The van der Waals surface area contributed by atoms with Gasteiger partial charge in [0.2, 0.25) is 0 Å². The Labute approximate surface area is 136 Å². The van der Waals surface area contributed by atoms with Gasteiger partial charge in [0.25, 0.3) is 0 Å². The Morgan fingerprint density at radius 1 is 0.955 bits per heavy atom. The van der Waals surface area contributed by atoms with Gasteiger partial charge in [0.1, 0.15) is 5.82 Å². The van der Waals surface area contributed by atoms with Crippen LogP contribution in [-0.4, -0.2) is 13.1 Å². The van der Waals surface area contributed by atoms with Crippen LogP contribution in [-0.2, 0) is 0 Å². The molecule has 1 saturated heterocycles. The standard InChI is InChI=1S/C19H22FNS/c1-13-3-5-18(16(11-13)15-7-9-21-10-8-15)22-19-6-4-14(2)12-17(19)20/h3-6,11-12,15,21H,7-10H2,1-2H3. The van der Waals surface area contributed by atoms with E-state index in [0.29, 0.717) is 10.8 Å². The summed E-state index contributed by atoms with van der Waals surface area (Å²) in [5.74, 6) is 0.457. The fourth-order valence-corrected chi connectivity index (χ4v) is 4.03. The largest absolute Gasteiger partial charge is 0.317 e. The molecule has 116 valence electrons. The summed E-state index contributed by atoms with van der Waals surface area (Å²) in [5.41, 5.74) is 3.62. The molecule has 0 spiro atoms. The summed E-state index contributed by atoms with van der Waals surface area (Å²) < 4.78 is 14.2. The van der Waals surface area contributed by atoms with Crippen molar-refractivity contribution >= 4 is 11.8 Å². The van der Waals surface area contributed by atoms with Crippen molar-refractivity contribution < 1.29 is 4.39 Å². The molecule has 0 saturated carbocycles. The highest BCUT2D eigenvalue weighted by molar-refractivity contribution is 7.99. The first-order valence-electron chi connectivity index (χ1n) is 7.89. The molecule has 0 amide bonds. The molecular formula is C19H22FNS. The fraction of sp³-hybridized carbons (Fsp3) is 0.368. The molecule has 0 aromatic heterocycles. The van der Waals surface area contributed by atoms with Gasteiger partial charge in [0.05, 0.1) is 0 Å². The van der Waals surface area contributed by atoms with E-state index < -0.39 is 0 Å². The van der Waals surface area contributed by atoms with E-state index in [1.165, 1.54) is 16.0 Å². The molecule has 2 aromatic carbocycles. The normalized spacial score (nSPS) is 16.0. The number of aryl methyl sites for hydroxylation is 2. The van der Waals surface area contributed by atoms with Crippen molar-refractivity contribution in [2.75, 3.05) is 13.1 Å². The summed E-state index contributed by atoms with van der Waals surface area (Å²) in [7, 11) is 0. The molecule has 1 aliphatic heterocycles. The van der Waals surface area contributed by atoms with Crippen LogP contribution in [0.4, 0.5) is 4.39 Å². The second-order valence-electron chi connectivity index (χ2n) is 6.10. The first kappa shape index (κ1) is 15.6. The predicted molar refractivity (Wildman–Crippen MR) is 91.3 cm³/mol. The fourth-order valence-electron chi connectivity index (χ4n) is 3.02. The maximum absolute atomic E-state index is 14.2. The Morgan fingerprint density at radius 3 is 2.27 bits per heavy atom. The molecule has 1 aliphatic rings. The lowest BCUT2D eigenvalue weighted by Gasteiger charge is -2.25. The summed E-state index contributed by atoms with van der Waals surface area (Å²) in [6.45, 7) is 6.19. The number of piperidine rings is 1. The van der Waals surface area contributed by atoms with Gasteiger partial charge in [-0.3, -0.25) is 0 Å². The third kappa shape index (κ3) is 3.53. The van der Waals surface area contributed by atoms with Crippen LogP contribution in [0.3, 0.4) is 0 Å². The molecule has 1 fully saturated rings. The Balaban J connectivity index is 1.92. The van der Waals surface area contributed by atoms with Crippen molar-refractivity contribution in [3.63, 3.8) is 0 Å². The predicted octanol–water partition coefficient (Wildman–Crippen LogP) is 5.06. The van der Waals surface area contributed by atoms with E-state index in [0.717, 1.165) is 31.5 Å². The number of nitrogens with one attached hydrogen (secondary N) is 1. The molecular weight excluding hydrogens is 293 g/mol. The molecule has 0 atom stereocenters. The van der Waals surface area contributed by atoms with E-state index in [-0.39, 0.29) is 5.82 Å². The zero-order chi connectivity index (χ0) is 15.5. The molecule has 2 aromatic rings. The molecule has 0 aliphatic carbocycles. The summed E-state index contributed by atoms with van der Waals surface area (Å²) in [6, 6.07) is 12.0. The van der Waals surface area contributed by atoms with Gasteiger partial charge in [-0.25, -0.2) is 4.39 Å². The first-order valence-corrected chi connectivity index (χ1v) is 8.70. The van der Waals surface area contributed by atoms with Gasteiger partial charge in [-0.2, -0.15) is 0 Å². The number of benzene rings is 2. The van der Waals surface area contributed by atoms with Gasteiger partial charge in [-0.15, -0.1) is 0 Å². The molecule has 3 rings (SSSR count). The Kier molecular flexibility index (Phi) is 4.84. The average Bonchev–Trinajstić information content (AvgIpc) is 2.52. The molecule has 22 heavy (non-hydrogen) atoms. The van der Waals surface area contributed by atoms with Crippen LogP contribution in [0.1, 0.15) is 35.4 Å². The van der Waals surface area contributed by atoms with E-state index >= 15 is 0 Å². The molecule has 0 bridgehead atoms. The minimum atomic E-state index is -0.123. The molecule has 1 N–H and O–H groups in total. The quantitative estimate of drug-likeness (QED) is 0.849. The van der Waals surface area contributed by atoms with Crippen molar-refractivity contribution in [3.8, 4) is 0 Å². The number of halogens is 1. The highest BCUT2D eigenvalue weighted by atomic mass is 32.2. The maximum Gasteiger partial charge on any atom is 0.137 e. The summed E-state index contributed by atoms with van der Waals surface area (Å²) in [6.07, 6.45) is 2.32. The minimum absolute atomic E-state index is 0.123. The van der Waals surface area contributed by atoms with Crippen molar-refractivity contribution in [2.45, 2.75) is 42.4 Å². The summed E-state index contributed by atoms with van der Waals surface area (Å²) in [4.78, 5) is 1.91. The lowest BCUT2D eigenvalue weighted by molar-refractivity contribution is 0.456. The zero-order valence-electron chi connectivity index (χ0n) is 13.2. The summed E-state index contributed by atoms with van der Waals surface area (Å²) >= 11 is 1.56. The van der Waals surface area contributed by atoms with Gasteiger partial charge in [-0.05, 0) is 75.0 Å². The van der Waals surface area contributed by atoms with E-state index in [4.69, 9.17) is 0 Å². The molecule has 1 heterocycles. The lowest BCUT2D eigenvalue weighted by Crippen LogP contribution is -2.26. The third-order valence-electron chi connectivity index (χ3n) is 4.25. The number of hydrogen-bond acceptors (Lipinski definition) is 2.